The number of ketones is 1. The van der Waals surface area contributed by atoms with Crippen molar-refractivity contribution in [1.29, 1.82) is 0 Å². The number of nitrogens with zero attached hydrogens (tertiary/aromatic N) is 3. The van der Waals surface area contributed by atoms with Crippen molar-refractivity contribution in [2.75, 3.05) is 11.9 Å². The number of hydrogen-bond donors (Lipinski definition) is 1. The summed E-state index contributed by atoms with van der Waals surface area (Å²) in [6, 6.07) is 7.86. The Labute approximate surface area is 165 Å². The molecule has 0 radical (unpaired) electrons. The van der Waals surface area contributed by atoms with Gasteiger partial charge in [-0.3, -0.25) is 19.0 Å². The van der Waals surface area contributed by atoms with Crippen molar-refractivity contribution in [3.63, 3.8) is 0 Å². The number of carbonyl (C=O) groups excluding carboxylic acids is 2. The monoisotopic (exact) mass is 396 g/mol. The van der Waals surface area contributed by atoms with Gasteiger partial charge in [-0.2, -0.15) is 0 Å². The van der Waals surface area contributed by atoms with Crippen molar-refractivity contribution < 1.29 is 14.3 Å². The molecule has 0 saturated carbocycles. The molecule has 2 aromatic heterocycles. The highest BCUT2D eigenvalue weighted by atomic mass is 16.5. The van der Waals surface area contributed by atoms with Gasteiger partial charge >= 0.3 is 5.69 Å². The standard InChI is InChI=1S/C20H20N4O5/c1-4-29-15-9-10-21-18-17(15)19(27)24(20(28)23(18)3)11-16(26)22-14-7-5-13(6-8-14)12(2)25/h5-10H,4,11H2,1-3H3,(H,22,26). The van der Waals surface area contributed by atoms with Crippen LogP contribution >= 0.6 is 0 Å². The molecule has 3 aromatic rings. The van der Waals surface area contributed by atoms with Crippen LogP contribution in [0.4, 0.5) is 5.69 Å². The van der Waals surface area contributed by atoms with Crippen LogP contribution in [0.15, 0.2) is 46.1 Å². The minimum absolute atomic E-state index is 0.0900. The maximum Gasteiger partial charge on any atom is 0.332 e. The number of ether oxygens (including phenoxy) is 1. The number of hydrogen-bond acceptors (Lipinski definition) is 6. The molecule has 0 aliphatic heterocycles. The van der Waals surface area contributed by atoms with Crippen LogP contribution in [-0.4, -0.2) is 32.4 Å². The lowest BCUT2D eigenvalue weighted by Gasteiger charge is -2.13. The van der Waals surface area contributed by atoms with E-state index < -0.39 is 23.7 Å². The highest BCUT2D eigenvalue weighted by molar-refractivity contribution is 5.95. The molecule has 0 atom stereocenters. The maximum absolute atomic E-state index is 12.9. The zero-order valence-corrected chi connectivity index (χ0v) is 16.3. The first-order chi connectivity index (χ1) is 13.8. The maximum atomic E-state index is 12.9. The van der Waals surface area contributed by atoms with E-state index in [1.54, 1.807) is 37.3 Å². The number of anilines is 1. The van der Waals surface area contributed by atoms with Gasteiger partial charge in [-0.15, -0.1) is 0 Å². The molecule has 1 N–H and O–H groups in total. The van der Waals surface area contributed by atoms with Gasteiger partial charge in [-0.1, -0.05) is 0 Å². The molecular formula is C20H20N4O5. The number of benzene rings is 1. The van der Waals surface area contributed by atoms with Crippen molar-refractivity contribution in [2.24, 2.45) is 7.05 Å². The third-order valence-corrected chi connectivity index (χ3v) is 4.36. The van der Waals surface area contributed by atoms with E-state index in [0.717, 1.165) is 4.57 Å². The average molecular weight is 396 g/mol. The molecule has 29 heavy (non-hydrogen) atoms. The number of amides is 1. The Bertz CT molecular complexity index is 1210. The van der Waals surface area contributed by atoms with Crippen LogP contribution in [-0.2, 0) is 18.4 Å². The average Bonchev–Trinajstić information content (AvgIpc) is 2.70. The first kappa shape index (κ1) is 20.0. The minimum atomic E-state index is -0.661. The van der Waals surface area contributed by atoms with Crippen LogP contribution in [0.1, 0.15) is 24.2 Å². The van der Waals surface area contributed by atoms with E-state index in [4.69, 9.17) is 4.74 Å². The second-order valence-corrected chi connectivity index (χ2v) is 6.36. The largest absolute Gasteiger partial charge is 0.493 e. The van der Waals surface area contributed by atoms with Crippen LogP contribution in [0, 0.1) is 0 Å². The van der Waals surface area contributed by atoms with Gasteiger partial charge in [0.25, 0.3) is 5.56 Å². The summed E-state index contributed by atoms with van der Waals surface area (Å²) in [5.41, 5.74) is -0.171. The number of pyridine rings is 1. The summed E-state index contributed by atoms with van der Waals surface area (Å²) < 4.78 is 7.53. The van der Waals surface area contributed by atoms with Crippen LogP contribution < -0.4 is 21.3 Å². The summed E-state index contributed by atoms with van der Waals surface area (Å²) >= 11 is 0. The van der Waals surface area contributed by atoms with Crippen molar-refractivity contribution in [1.82, 2.24) is 14.1 Å². The number of Topliss-reactive ketones (excluding diaryl/α,β-unsaturated/α-hetero) is 1. The second kappa shape index (κ2) is 8.09. The highest BCUT2D eigenvalue weighted by Gasteiger charge is 2.18. The minimum Gasteiger partial charge on any atom is -0.493 e. The SMILES string of the molecule is CCOc1ccnc2c1c(=O)n(CC(=O)Nc1ccc(C(C)=O)cc1)c(=O)n2C. The molecule has 3 rings (SSSR count). The lowest BCUT2D eigenvalue weighted by Crippen LogP contribution is -2.42. The second-order valence-electron chi connectivity index (χ2n) is 6.36. The van der Waals surface area contributed by atoms with E-state index in [0.29, 0.717) is 23.6 Å². The number of aromatic nitrogens is 3. The van der Waals surface area contributed by atoms with Crippen molar-refractivity contribution >= 4 is 28.4 Å². The number of aryl methyl sites for hydroxylation is 1. The number of carbonyl (C=O) groups is 2. The van der Waals surface area contributed by atoms with Gasteiger partial charge in [0, 0.05) is 24.5 Å². The van der Waals surface area contributed by atoms with Crippen molar-refractivity contribution in [2.45, 2.75) is 20.4 Å². The quantitative estimate of drug-likeness (QED) is 0.629. The molecule has 1 aromatic carbocycles. The molecule has 150 valence electrons. The van der Waals surface area contributed by atoms with Crippen LogP contribution in [0.5, 0.6) is 5.75 Å². The lowest BCUT2D eigenvalue weighted by atomic mass is 10.1. The van der Waals surface area contributed by atoms with E-state index >= 15 is 0 Å². The molecule has 9 heteroatoms. The van der Waals surface area contributed by atoms with Crippen LogP contribution in [0.3, 0.4) is 0 Å². The van der Waals surface area contributed by atoms with Crippen LogP contribution in [0.25, 0.3) is 11.0 Å². The highest BCUT2D eigenvalue weighted by Crippen LogP contribution is 2.19. The molecule has 0 saturated heterocycles. The zero-order chi connectivity index (χ0) is 21.1. The Morgan fingerprint density at radius 2 is 1.83 bits per heavy atom. The molecule has 0 unspecified atom stereocenters. The molecule has 0 aliphatic carbocycles. The number of rotatable bonds is 6. The molecule has 9 nitrogen and oxygen atoms in total. The van der Waals surface area contributed by atoms with Gasteiger partial charge in [0.05, 0.1) is 6.61 Å². The van der Waals surface area contributed by atoms with E-state index in [2.05, 4.69) is 10.3 Å². The third-order valence-electron chi connectivity index (χ3n) is 4.36. The van der Waals surface area contributed by atoms with E-state index in [1.165, 1.54) is 24.7 Å². The Balaban J connectivity index is 1.96. The topological polar surface area (TPSA) is 112 Å². The number of fused-ring (bicyclic) bond motifs is 1. The van der Waals surface area contributed by atoms with Gasteiger partial charge < -0.3 is 10.1 Å². The summed E-state index contributed by atoms with van der Waals surface area (Å²) in [7, 11) is 1.47. The molecule has 0 spiro atoms. The van der Waals surface area contributed by atoms with Gasteiger partial charge in [0.15, 0.2) is 11.4 Å². The van der Waals surface area contributed by atoms with Crippen molar-refractivity contribution in [3.8, 4) is 5.75 Å². The van der Waals surface area contributed by atoms with E-state index in [1.807, 2.05) is 0 Å². The Kier molecular flexibility index (Phi) is 5.58. The van der Waals surface area contributed by atoms with Gasteiger partial charge in [0.2, 0.25) is 5.91 Å². The molecular weight excluding hydrogens is 376 g/mol. The smallest absolute Gasteiger partial charge is 0.332 e. The fourth-order valence-corrected chi connectivity index (χ4v) is 2.93. The van der Waals surface area contributed by atoms with Gasteiger partial charge in [0.1, 0.15) is 17.7 Å². The Morgan fingerprint density at radius 1 is 1.14 bits per heavy atom. The lowest BCUT2D eigenvalue weighted by molar-refractivity contribution is -0.116. The molecule has 1 amide bonds. The predicted octanol–water partition coefficient (Wildman–Crippen LogP) is 1.34. The van der Waals surface area contributed by atoms with E-state index in [-0.39, 0.29) is 16.8 Å². The summed E-state index contributed by atoms with van der Waals surface area (Å²) in [5, 5.41) is 2.75. The van der Waals surface area contributed by atoms with Gasteiger partial charge in [-0.25, -0.2) is 14.3 Å². The molecule has 0 fully saturated rings. The van der Waals surface area contributed by atoms with Crippen molar-refractivity contribution in [3.05, 3.63) is 62.9 Å². The third kappa shape index (κ3) is 3.93. The van der Waals surface area contributed by atoms with Gasteiger partial charge in [-0.05, 0) is 44.2 Å². The summed E-state index contributed by atoms with van der Waals surface area (Å²) in [6.45, 7) is 3.08. The molecule has 2 heterocycles. The normalized spacial score (nSPS) is 10.7. The Morgan fingerprint density at radius 3 is 2.45 bits per heavy atom. The predicted molar refractivity (Wildman–Crippen MR) is 107 cm³/mol. The first-order valence-corrected chi connectivity index (χ1v) is 8.95. The van der Waals surface area contributed by atoms with E-state index in [9.17, 15) is 19.2 Å². The zero-order valence-electron chi connectivity index (χ0n) is 16.3. The first-order valence-electron chi connectivity index (χ1n) is 8.95. The molecule has 0 aliphatic rings. The molecule has 0 bridgehead atoms. The fourth-order valence-electron chi connectivity index (χ4n) is 2.93. The Hall–Kier alpha value is -3.75. The fraction of sp³-hybridized carbons (Fsp3) is 0.250. The summed E-state index contributed by atoms with van der Waals surface area (Å²) in [6.07, 6.45) is 1.45. The summed E-state index contributed by atoms with van der Waals surface area (Å²) in [4.78, 5) is 53.4. The van der Waals surface area contributed by atoms with Crippen LogP contribution in [0.2, 0.25) is 0 Å². The summed E-state index contributed by atoms with van der Waals surface area (Å²) in [5.74, 6) is -0.346. The number of nitrogens with one attached hydrogen (secondary N) is 1.